The highest BCUT2D eigenvalue weighted by atomic mass is 16.2. The van der Waals surface area contributed by atoms with E-state index in [0.717, 1.165) is 20.1 Å². The van der Waals surface area contributed by atoms with Crippen LogP contribution in [0.5, 0.6) is 0 Å². The summed E-state index contributed by atoms with van der Waals surface area (Å²) in [7, 11) is 2.66. The summed E-state index contributed by atoms with van der Waals surface area (Å²) in [5.41, 5.74) is 5.03. The first-order valence-electron chi connectivity index (χ1n) is 9.14. The molecule has 0 radical (unpaired) electrons. The highest BCUT2D eigenvalue weighted by Gasteiger charge is 2.21. The smallest absolute Gasteiger partial charge is 0.242 e. The average molecular weight is 379 g/mol. The number of likely N-dealkylation sites (N-methyl/N-ethyl adjacent to an activating group) is 1. The number of nitrogens with one attached hydrogen (secondary N) is 3. The van der Waals surface area contributed by atoms with Gasteiger partial charge in [0, 0.05) is 7.11 Å². The highest BCUT2D eigenvalue weighted by molar-refractivity contribution is 5.90. The summed E-state index contributed by atoms with van der Waals surface area (Å²) in [6.45, 7) is 12.4. The lowest BCUT2D eigenvalue weighted by Crippen LogP contribution is -2.50. The fourth-order valence-corrected chi connectivity index (χ4v) is 1.44. The Morgan fingerprint density at radius 2 is 1.54 bits per heavy atom. The molecular weight excluding hydrogens is 336 g/mol. The number of Topliss-reactive ketones (excluding diaryl/α,β-unsaturated/α-hetero) is 1. The molecule has 8 nitrogen and oxygen atoms in total. The number of aliphatic hydroxyl groups excluding tert-OH is 1. The van der Waals surface area contributed by atoms with Crippen molar-refractivity contribution >= 4 is 17.6 Å². The van der Waals surface area contributed by atoms with Gasteiger partial charge in [0.1, 0.15) is 11.8 Å². The number of hydrogen-bond acceptors (Lipinski definition) is 6. The van der Waals surface area contributed by atoms with Crippen LogP contribution in [0.25, 0.3) is 0 Å². The Kier molecular flexibility index (Phi) is 31.8. The van der Waals surface area contributed by atoms with Gasteiger partial charge in [-0.2, -0.15) is 0 Å². The van der Waals surface area contributed by atoms with Crippen LogP contribution in [0.1, 0.15) is 54.4 Å². The zero-order valence-electron chi connectivity index (χ0n) is 17.9. The summed E-state index contributed by atoms with van der Waals surface area (Å²) in [6, 6.07) is -0.592. The average Bonchev–Trinajstić information content (AvgIpc) is 2.62. The number of nitrogens with two attached hydrogens (primary N) is 1. The zero-order chi connectivity index (χ0) is 21.5. The summed E-state index contributed by atoms with van der Waals surface area (Å²) in [5.74, 6) is -0.398. The number of rotatable bonds is 9. The topological polar surface area (TPSA) is 134 Å². The van der Waals surface area contributed by atoms with Crippen LogP contribution in [0.2, 0.25) is 0 Å². The van der Waals surface area contributed by atoms with Crippen molar-refractivity contribution in [1.29, 1.82) is 0 Å². The van der Waals surface area contributed by atoms with Crippen LogP contribution in [0.4, 0.5) is 0 Å². The van der Waals surface area contributed by atoms with Crippen LogP contribution in [-0.4, -0.2) is 62.5 Å². The predicted molar refractivity (Wildman–Crippen MR) is 108 cm³/mol. The largest absolute Gasteiger partial charge is 0.400 e. The molecule has 1 atom stereocenters. The highest BCUT2D eigenvalue weighted by Crippen LogP contribution is 2.04. The van der Waals surface area contributed by atoms with Crippen molar-refractivity contribution in [2.24, 2.45) is 11.7 Å². The van der Waals surface area contributed by atoms with Crippen LogP contribution in [-0.2, 0) is 14.4 Å². The molecular formula is C18H42N4O4. The van der Waals surface area contributed by atoms with Gasteiger partial charge < -0.3 is 26.8 Å². The molecule has 6 N–H and O–H groups in total. The van der Waals surface area contributed by atoms with Crippen molar-refractivity contribution < 1.29 is 19.5 Å². The minimum Gasteiger partial charge on any atom is -0.400 e. The number of carbonyl (C=O) groups excluding carboxylic acids is 3. The van der Waals surface area contributed by atoms with Crippen molar-refractivity contribution in [3.63, 3.8) is 0 Å². The fraction of sp³-hybridized carbons (Fsp3) is 0.833. The molecule has 0 aliphatic carbocycles. The van der Waals surface area contributed by atoms with Crippen molar-refractivity contribution in [2.75, 3.05) is 33.8 Å². The van der Waals surface area contributed by atoms with Gasteiger partial charge in [-0.1, -0.05) is 34.6 Å². The van der Waals surface area contributed by atoms with Gasteiger partial charge in [0.25, 0.3) is 0 Å². The van der Waals surface area contributed by atoms with E-state index in [1.807, 2.05) is 27.7 Å². The van der Waals surface area contributed by atoms with E-state index in [-0.39, 0.29) is 36.6 Å². The van der Waals surface area contributed by atoms with Crippen LogP contribution < -0.4 is 21.7 Å². The van der Waals surface area contributed by atoms with Gasteiger partial charge in [0.05, 0.1) is 13.1 Å². The van der Waals surface area contributed by atoms with E-state index in [1.54, 1.807) is 7.05 Å². The lowest BCUT2D eigenvalue weighted by molar-refractivity contribution is -0.129. The van der Waals surface area contributed by atoms with Gasteiger partial charge in [-0.05, 0) is 39.3 Å². The lowest BCUT2D eigenvalue weighted by Gasteiger charge is -2.19. The van der Waals surface area contributed by atoms with Crippen LogP contribution in [0.15, 0.2) is 0 Å². The number of amides is 2. The second-order valence-corrected chi connectivity index (χ2v) is 5.49. The number of hydrogen-bond donors (Lipinski definition) is 5. The molecule has 26 heavy (non-hydrogen) atoms. The molecule has 0 aromatic carbocycles. The Morgan fingerprint density at radius 1 is 1.08 bits per heavy atom. The third kappa shape index (κ3) is 27.3. The Labute approximate surface area is 159 Å². The third-order valence-electron chi connectivity index (χ3n) is 2.50. The van der Waals surface area contributed by atoms with Gasteiger partial charge in [-0.3, -0.25) is 14.4 Å². The maximum atomic E-state index is 11.8. The third-order valence-corrected chi connectivity index (χ3v) is 2.50. The molecule has 0 saturated heterocycles. The quantitative estimate of drug-likeness (QED) is 0.395. The summed E-state index contributed by atoms with van der Waals surface area (Å²) >= 11 is 0. The lowest BCUT2D eigenvalue weighted by atomic mass is 10.0. The zero-order valence-corrected chi connectivity index (χ0v) is 17.9. The molecule has 0 aromatic rings. The van der Waals surface area contributed by atoms with Crippen molar-refractivity contribution in [2.45, 2.75) is 60.4 Å². The minimum atomic E-state index is -0.592. The normalized spacial score (nSPS) is 9.96. The molecule has 0 unspecified atom stereocenters. The summed E-state index contributed by atoms with van der Waals surface area (Å²) < 4.78 is 0. The van der Waals surface area contributed by atoms with E-state index in [0.29, 0.717) is 6.42 Å². The Hall–Kier alpha value is -1.51. The number of carbonyl (C=O) groups is 3. The number of ketones is 1. The molecule has 0 bridgehead atoms. The predicted octanol–water partition coefficient (Wildman–Crippen LogP) is 0.432. The molecule has 0 heterocycles. The summed E-state index contributed by atoms with van der Waals surface area (Å²) in [6.07, 6.45) is 1.64. The van der Waals surface area contributed by atoms with Gasteiger partial charge in [-0.15, -0.1) is 0 Å². The van der Waals surface area contributed by atoms with Crippen LogP contribution in [0.3, 0.4) is 0 Å². The molecule has 0 aromatic heterocycles. The maximum absolute atomic E-state index is 11.8. The molecule has 0 aliphatic heterocycles. The molecule has 0 spiro atoms. The first-order valence-corrected chi connectivity index (χ1v) is 9.14. The molecule has 2 amide bonds. The van der Waals surface area contributed by atoms with E-state index in [2.05, 4.69) is 22.9 Å². The first-order chi connectivity index (χ1) is 12.3. The molecule has 0 rings (SSSR count). The Balaban J connectivity index is -0.000000258. The first kappa shape index (κ1) is 32.2. The van der Waals surface area contributed by atoms with Gasteiger partial charge in [0.15, 0.2) is 0 Å². The molecule has 158 valence electrons. The van der Waals surface area contributed by atoms with Crippen molar-refractivity contribution in [3.8, 4) is 0 Å². The molecule has 0 fully saturated rings. The van der Waals surface area contributed by atoms with Gasteiger partial charge in [-0.25, -0.2) is 0 Å². The summed E-state index contributed by atoms with van der Waals surface area (Å²) in [4.78, 5) is 34.1. The second-order valence-electron chi connectivity index (χ2n) is 5.49. The van der Waals surface area contributed by atoms with E-state index < -0.39 is 6.04 Å². The monoisotopic (exact) mass is 378 g/mol. The van der Waals surface area contributed by atoms with Crippen LogP contribution >= 0.6 is 0 Å². The Bertz CT molecular complexity index is 335. The van der Waals surface area contributed by atoms with Gasteiger partial charge >= 0.3 is 0 Å². The standard InChI is InChI=1S/C12H23N3O3.C3H9N.C2H6.CH4O/c1-8(2)5-10(15-11(17)7-13-4)12(18)14-6-9(3)16;1-2-3-4;2*1-2/h8,10,13H,5-7H2,1-4H3,(H,14,18)(H,15,17);2-4H2,1H3;1-2H3;2H,1H3/t10-;;;/m1.../s1. The van der Waals surface area contributed by atoms with Crippen molar-refractivity contribution in [3.05, 3.63) is 0 Å². The summed E-state index contributed by atoms with van der Waals surface area (Å²) in [5, 5.41) is 14.9. The number of aliphatic hydroxyl groups is 1. The molecule has 0 saturated carbocycles. The molecule has 8 heteroatoms. The minimum absolute atomic E-state index is 0.00464. The Morgan fingerprint density at radius 3 is 1.85 bits per heavy atom. The maximum Gasteiger partial charge on any atom is 0.242 e. The SMILES string of the molecule is CC.CCCN.CNCC(=O)N[C@H](CC(C)C)C(=O)NCC(C)=O.CO. The van der Waals surface area contributed by atoms with E-state index in [4.69, 9.17) is 10.8 Å². The van der Waals surface area contributed by atoms with E-state index >= 15 is 0 Å². The fourth-order valence-electron chi connectivity index (χ4n) is 1.44. The van der Waals surface area contributed by atoms with Gasteiger partial charge in [0.2, 0.25) is 11.8 Å². The van der Waals surface area contributed by atoms with Crippen LogP contribution in [0, 0.1) is 5.92 Å². The van der Waals surface area contributed by atoms with Crippen molar-refractivity contribution in [1.82, 2.24) is 16.0 Å². The second kappa shape index (κ2) is 25.7. The van der Waals surface area contributed by atoms with E-state index in [1.165, 1.54) is 6.92 Å². The van der Waals surface area contributed by atoms with E-state index in [9.17, 15) is 14.4 Å². The molecule has 0 aliphatic rings.